The van der Waals surface area contributed by atoms with Crippen LogP contribution in [0.25, 0.3) is 0 Å². The SMILES string of the molecule is CCC(C)(N)C(=O)Nc1cc(C)c(Cl)cc1OC. The van der Waals surface area contributed by atoms with Gasteiger partial charge in [0.1, 0.15) is 5.75 Å². The second-order valence-corrected chi connectivity index (χ2v) is 4.93. The van der Waals surface area contributed by atoms with Gasteiger partial charge in [0.25, 0.3) is 0 Å². The van der Waals surface area contributed by atoms with Gasteiger partial charge in [-0.3, -0.25) is 4.79 Å². The second kappa shape index (κ2) is 5.59. The number of carbonyl (C=O) groups is 1. The van der Waals surface area contributed by atoms with E-state index in [4.69, 9.17) is 22.1 Å². The first-order valence-electron chi connectivity index (χ1n) is 5.76. The highest BCUT2D eigenvalue weighted by Crippen LogP contribution is 2.31. The third kappa shape index (κ3) is 3.15. The average Bonchev–Trinajstić information content (AvgIpc) is 2.33. The number of halogens is 1. The van der Waals surface area contributed by atoms with E-state index in [1.807, 2.05) is 13.8 Å². The maximum atomic E-state index is 12.0. The molecule has 0 spiro atoms. The van der Waals surface area contributed by atoms with E-state index in [9.17, 15) is 4.79 Å². The average molecular weight is 271 g/mol. The first kappa shape index (κ1) is 14.8. The number of amides is 1. The van der Waals surface area contributed by atoms with Crippen molar-refractivity contribution < 1.29 is 9.53 Å². The summed E-state index contributed by atoms with van der Waals surface area (Å²) in [7, 11) is 1.53. The Morgan fingerprint density at radius 3 is 2.67 bits per heavy atom. The summed E-state index contributed by atoms with van der Waals surface area (Å²) in [5.74, 6) is 0.274. The van der Waals surface area contributed by atoms with Crippen LogP contribution in [0.15, 0.2) is 12.1 Å². The van der Waals surface area contributed by atoms with Gasteiger partial charge in [0.05, 0.1) is 18.3 Å². The van der Waals surface area contributed by atoms with E-state index < -0.39 is 5.54 Å². The Morgan fingerprint density at radius 1 is 1.56 bits per heavy atom. The number of methoxy groups -OCH3 is 1. The first-order valence-corrected chi connectivity index (χ1v) is 6.14. The lowest BCUT2D eigenvalue weighted by molar-refractivity contribution is -0.120. The molecule has 4 nitrogen and oxygen atoms in total. The highest BCUT2D eigenvalue weighted by Gasteiger charge is 2.26. The largest absolute Gasteiger partial charge is 0.495 e. The summed E-state index contributed by atoms with van der Waals surface area (Å²) in [6, 6.07) is 3.44. The van der Waals surface area contributed by atoms with Crippen molar-refractivity contribution in [2.24, 2.45) is 5.73 Å². The summed E-state index contributed by atoms with van der Waals surface area (Å²) in [4.78, 5) is 12.0. The predicted molar refractivity (Wildman–Crippen MR) is 74.3 cm³/mol. The van der Waals surface area contributed by atoms with Crippen LogP contribution in [0, 0.1) is 6.92 Å². The van der Waals surface area contributed by atoms with Gasteiger partial charge in [-0.1, -0.05) is 18.5 Å². The number of hydrogen-bond donors (Lipinski definition) is 2. The van der Waals surface area contributed by atoms with E-state index in [1.165, 1.54) is 7.11 Å². The van der Waals surface area contributed by atoms with Crippen molar-refractivity contribution >= 4 is 23.2 Å². The molecule has 0 fully saturated rings. The first-order chi connectivity index (χ1) is 8.31. The van der Waals surface area contributed by atoms with Crippen molar-refractivity contribution in [1.82, 2.24) is 0 Å². The topological polar surface area (TPSA) is 64.4 Å². The zero-order valence-corrected chi connectivity index (χ0v) is 11.9. The van der Waals surface area contributed by atoms with Gasteiger partial charge in [-0.25, -0.2) is 0 Å². The van der Waals surface area contributed by atoms with Gasteiger partial charge in [0.2, 0.25) is 5.91 Å². The lowest BCUT2D eigenvalue weighted by Gasteiger charge is -2.22. The minimum Gasteiger partial charge on any atom is -0.495 e. The molecule has 1 amide bonds. The summed E-state index contributed by atoms with van der Waals surface area (Å²) >= 11 is 6.00. The molecule has 0 radical (unpaired) electrons. The Morgan fingerprint density at radius 2 is 2.17 bits per heavy atom. The van der Waals surface area contributed by atoms with Crippen molar-refractivity contribution in [2.45, 2.75) is 32.7 Å². The van der Waals surface area contributed by atoms with Crippen molar-refractivity contribution in [3.05, 3.63) is 22.7 Å². The minimum atomic E-state index is -0.904. The molecule has 0 saturated heterocycles. The monoisotopic (exact) mass is 270 g/mol. The summed E-state index contributed by atoms with van der Waals surface area (Å²) in [5, 5.41) is 3.37. The quantitative estimate of drug-likeness (QED) is 0.884. The van der Waals surface area contributed by atoms with Gasteiger partial charge in [0.15, 0.2) is 0 Å². The number of carbonyl (C=O) groups excluding carboxylic acids is 1. The molecule has 0 aliphatic heterocycles. The maximum absolute atomic E-state index is 12.0. The molecule has 1 aromatic rings. The number of anilines is 1. The second-order valence-electron chi connectivity index (χ2n) is 4.53. The van der Waals surface area contributed by atoms with Gasteiger partial charge >= 0.3 is 0 Å². The van der Waals surface area contributed by atoms with Crippen LogP contribution in [0.2, 0.25) is 5.02 Å². The van der Waals surface area contributed by atoms with E-state index in [0.29, 0.717) is 22.9 Å². The number of rotatable bonds is 4. The predicted octanol–water partition coefficient (Wildman–Crippen LogP) is 2.72. The molecule has 0 saturated carbocycles. The highest BCUT2D eigenvalue weighted by atomic mass is 35.5. The Bertz CT molecular complexity index is 459. The van der Waals surface area contributed by atoms with Gasteiger partial charge in [0, 0.05) is 11.1 Å². The molecule has 3 N–H and O–H groups in total. The molecular weight excluding hydrogens is 252 g/mol. The molecule has 0 aliphatic rings. The van der Waals surface area contributed by atoms with Crippen LogP contribution in [-0.2, 0) is 4.79 Å². The lowest BCUT2D eigenvalue weighted by Crippen LogP contribution is -2.47. The van der Waals surface area contributed by atoms with Crippen LogP contribution in [-0.4, -0.2) is 18.6 Å². The molecule has 0 aliphatic carbocycles. The van der Waals surface area contributed by atoms with Gasteiger partial charge in [-0.15, -0.1) is 0 Å². The van der Waals surface area contributed by atoms with E-state index in [2.05, 4.69) is 5.32 Å². The number of ether oxygens (including phenoxy) is 1. The van der Waals surface area contributed by atoms with Crippen LogP contribution in [0.5, 0.6) is 5.75 Å². The van der Waals surface area contributed by atoms with Crippen LogP contribution >= 0.6 is 11.6 Å². The number of aryl methyl sites for hydroxylation is 1. The Balaban J connectivity index is 3.04. The van der Waals surface area contributed by atoms with E-state index in [0.717, 1.165) is 5.56 Å². The Hall–Kier alpha value is -1.26. The molecule has 18 heavy (non-hydrogen) atoms. The number of hydrogen-bond acceptors (Lipinski definition) is 3. The summed E-state index contributed by atoms with van der Waals surface area (Å²) in [5.41, 5.74) is 6.43. The normalized spacial score (nSPS) is 13.9. The zero-order chi connectivity index (χ0) is 13.9. The Labute approximate surface area is 112 Å². The fraction of sp³-hybridized carbons (Fsp3) is 0.462. The van der Waals surface area contributed by atoms with Gasteiger partial charge in [-0.05, 0) is 31.9 Å². The van der Waals surface area contributed by atoms with Gasteiger partial charge in [-0.2, -0.15) is 0 Å². The molecule has 1 aromatic carbocycles. The molecule has 0 aromatic heterocycles. The fourth-order valence-corrected chi connectivity index (χ4v) is 1.51. The van der Waals surface area contributed by atoms with Crippen molar-refractivity contribution in [3.8, 4) is 5.75 Å². The summed E-state index contributed by atoms with van der Waals surface area (Å²) in [6.07, 6.45) is 0.549. The number of nitrogens with one attached hydrogen (secondary N) is 1. The molecule has 1 rings (SSSR count). The zero-order valence-electron chi connectivity index (χ0n) is 11.1. The van der Waals surface area contributed by atoms with Crippen molar-refractivity contribution in [2.75, 3.05) is 12.4 Å². The fourth-order valence-electron chi connectivity index (χ4n) is 1.36. The van der Waals surface area contributed by atoms with E-state index >= 15 is 0 Å². The van der Waals surface area contributed by atoms with Crippen LogP contribution in [0.3, 0.4) is 0 Å². The van der Waals surface area contributed by atoms with Crippen molar-refractivity contribution in [1.29, 1.82) is 0 Å². The highest BCUT2D eigenvalue weighted by molar-refractivity contribution is 6.31. The molecule has 5 heteroatoms. The minimum absolute atomic E-state index is 0.245. The standard InChI is InChI=1S/C13H19ClN2O2/c1-5-13(3,15)12(17)16-10-6-8(2)9(14)7-11(10)18-4/h6-7H,5,15H2,1-4H3,(H,16,17). The van der Waals surface area contributed by atoms with E-state index in [1.54, 1.807) is 19.1 Å². The number of nitrogens with two attached hydrogens (primary N) is 1. The van der Waals surface area contributed by atoms with Gasteiger partial charge < -0.3 is 15.8 Å². The smallest absolute Gasteiger partial charge is 0.244 e. The van der Waals surface area contributed by atoms with Crippen LogP contribution in [0.1, 0.15) is 25.8 Å². The van der Waals surface area contributed by atoms with E-state index in [-0.39, 0.29) is 5.91 Å². The van der Waals surface area contributed by atoms with Crippen molar-refractivity contribution in [3.63, 3.8) is 0 Å². The lowest BCUT2D eigenvalue weighted by atomic mass is 9.99. The molecule has 0 heterocycles. The third-order valence-corrected chi connectivity index (χ3v) is 3.39. The van der Waals surface area contributed by atoms with Crippen LogP contribution in [0.4, 0.5) is 5.69 Å². The molecular formula is C13H19ClN2O2. The summed E-state index contributed by atoms with van der Waals surface area (Å²) in [6.45, 7) is 5.42. The number of benzene rings is 1. The molecule has 1 unspecified atom stereocenters. The maximum Gasteiger partial charge on any atom is 0.244 e. The third-order valence-electron chi connectivity index (χ3n) is 2.98. The molecule has 1 atom stereocenters. The van der Waals surface area contributed by atoms with Crippen LogP contribution < -0.4 is 15.8 Å². The summed E-state index contributed by atoms with van der Waals surface area (Å²) < 4.78 is 5.19. The Kier molecular flexibility index (Phi) is 4.59. The molecule has 100 valence electrons. The molecule has 0 bridgehead atoms.